The molecule has 2 aliphatic heterocycles. The molecule has 1 saturated heterocycles. The maximum absolute atomic E-state index is 15.3. The molecule has 2 unspecified atom stereocenters. The van der Waals surface area contributed by atoms with Crippen LogP contribution < -0.4 is 9.47 Å². The molecule has 2 heterocycles. The monoisotopic (exact) mass is 937 g/mol. The summed E-state index contributed by atoms with van der Waals surface area (Å²) >= 11 is 28.8. The summed E-state index contributed by atoms with van der Waals surface area (Å²) in [6, 6.07) is 21.2. The average molecular weight is 941 g/mol. The fourth-order valence-corrected chi connectivity index (χ4v) is 7.68. The van der Waals surface area contributed by atoms with Gasteiger partial charge in [-0.25, -0.2) is 9.59 Å². The van der Waals surface area contributed by atoms with Crippen molar-refractivity contribution in [1.82, 2.24) is 14.7 Å². The van der Waals surface area contributed by atoms with Gasteiger partial charge in [0.25, 0.3) is 5.91 Å². The minimum Gasteiger partial charge on any atom is -0.490 e. The molecular weight excluding hydrogens is 892 g/mol. The molecule has 10 nitrogen and oxygen atoms in total. The van der Waals surface area contributed by atoms with E-state index in [2.05, 4.69) is 15.9 Å². The van der Waals surface area contributed by atoms with Crippen LogP contribution in [0.5, 0.6) is 11.5 Å². The predicted octanol–water partition coefficient (Wildman–Crippen LogP) is 10.5. The summed E-state index contributed by atoms with van der Waals surface area (Å²) in [5, 5.41) is 0.624. The quantitative estimate of drug-likeness (QED) is 0.132. The number of nitrogens with zero attached hydrogens (tertiary/aromatic N) is 3. The molecule has 0 aromatic heterocycles. The zero-order valence-electron chi connectivity index (χ0n) is 33.1. The summed E-state index contributed by atoms with van der Waals surface area (Å²) in [6.07, 6.45) is 1.13. The Morgan fingerprint density at radius 1 is 0.810 bits per heavy atom. The number of fused-ring (bicyclic) bond motifs is 2. The van der Waals surface area contributed by atoms with E-state index in [1.807, 2.05) is 77.7 Å². The van der Waals surface area contributed by atoms with Gasteiger partial charge in [0.05, 0.1) is 12.1 Å². The Balaban J connectivity index is 1.36. The molecule has 0 radical (unpaired) electrons. The predicted molar refractivity (Wildman–Crippen MR) is 231 cm³/mol. The lowest BCUT2D eigenvalue weighted by Gasteiger charge is -2.51. The Kier molecular flexibility index (Phi) is 13.8. The highest BCUT2D eigenvalue weighted by molar-refractivity contribution is 9.10. The van der Waals surface area contributed by atoms with Crippen molar-refractivity contribution in [2.24, 2.45) is 0 Å². The van der Waals surface area contributed by atoms with E-state index in [1.54, 1.807) is 25.7 Å². The fraction of sp³-hybridized carbons (Fsp3) is 0.465. The van der Waals surface area contributed by atoms with Crippen molar-refractivity contribution >= 4 is 86.0 Å². The summed E-state index contributed by atoms with van der Waals surface area (Å²) < 4.78 is 22.6. The van der Waals surface area contributed by atoms with Crippen LogP contribution in [0.25, 0.3) is 5.57 Å². The lowest BCUT2D eigenvalue weighted by molar-refractivity contribution is -0.129. The molecule has 3 aromatic rings. The Morgan fingerprint density at radius 2 is 1.41 bits per heavy atom. The number of alkyl halides is 3. The molecule has 3 amide bonds. The van der Waals surface area contributed by atoms with Gasteiger partial charge < -0.3 is 28.7 Å². The third-order valence-corrected chi connectivity index (χ3v) is 12.5. The van der Waals surface area contributed by atoms with Gasteiger partial charge in [-0.05, 0) is 119 Å². The fourth-order valence-electron chi connectivity index (χ4n) is 7.07. The highest BCUT2D eigenvalue weighted by atomic mass is 79.9. The van der Waals surface area contributed by atoms with Crippen LogP contribution in [-0.2, 0) is 20.7 Å². The normalized spacial score (nSPS) is 18.4. The zero-order chi connectivity index (χ0) is 42.0. The van der Waals surface area contributed by atoms with Crippen molar-refractivity contribution in [3.63, 3.8) is 0 Å². The molecule has 0 N–H and O–H groups in total. The highest BCUT2D eigenvalue weighted by Crippen LogP contribution is 2.44. The van der Waals surface area contributed by atoms with Crippen molar-refractivity contribution in [1.29, 1.82) is 0 Å². The summed E-state index contributed by atoms with van der Waals surface area (Å²) in [5.41, 5.74) is 0.561. The van der Waals surface area contributed by atoms with E-state index in [-0.39, 0.29) is 31.5 Å². The number of carbonyl (C=O) groups excluding carboxylic acids is 3. The topological polar surface area (TPSA) is 97.8 Å². The second-order valence-corrected chi connectivity index (χ2v) is 19.8. The summed E-state index contributed by atoms with van der Waals surface area (Å²) in [5.74, 6) is 1.13. The van der Waals surface area contributed by atoms with E-state index in [4.69, 9.17) is 65.4 Å². The van der Waals surface area contributed by atoms with Gasteiger partial charge in [-0.2, -0.15) is 0 Å². The van der Waals surface area contributed by atoms with E-state index < -0.39 is 39.3 Å². The maximum Gasteiger partial charge on any atom is 0.411 e. The maximum atomic E-state index is 15.3. The largest absolute Gasteiger partial charge is 0.490 e. The molecular formula is C43H48BrCl4N3O7. The van der Waals surface area contributed by atoms with Crippen LogP contribution in [0.3, 0.4) is 0 Å². The van der Waals surface area contributed by atoms with Crippen LogP contribution in [0.15, 0.2) is 82.8 Å². The molecule has 15 heteroatoms. The van der Waals surface area contributed by atoms with Crippen molar-refractivity contribution in [2.45, 2.75) is 93.4 Å². The van der Waals surface area contributed by atoms with Crippen LogP contribution in [0.1, 0.15) is 65.0 Å². The van der Waals surface area contributed by atoms with Gasteiger partial charge in [0.1, 0.15) is 30.3 Å². The van der Waals surface area contributed by atoms with Crippen LogP contribution in [0.4, 0.5) is 9.59 Å². The number of hydrogen-bond donors (Lipinski definition) is 0. The molecule has 6 rings (SSSR count). The van der Waals surface area contributed by atoms with E-state index in [0.717, 1.165) is 39.8 Å². The standard InChI is InChI=1S/C43H48BrCl4N3O7/c1-41(2,3)57-39(53)49-25-31-24-34(27-10-16-32(17-11-27)55-22-23-56-33-18-12-29(44)13-19-33)37(36(26-49)51(31)40(54)58-42(4,5)43(46,47)48)38(52)50(30-14-15-30)21-20-28-8-6-7-9-35(28)45/h6-13,16-19,30-31,36H,14-15,20-26H2,1-5H3. The number of rotatable bonds is 12. The molecule has 0 spiro atoms. The smallest absolute Gasteiger partial charge is 0.411 e. The van der Waals surface area contributed by atoms with Gasteiger partial charge >= 0.3 is 12.2 Å². The summed E-state index contributed by atoms with van der Waals surface area (Å²) in [6.45, 7) is 9.56. The van der Waals surface area contributed by atoms with Crippen molar-refractivity contribution < 1.29 is 33.3 Å². The number of piperazine rings is 1. The minimum atomic E-state index is -1.95. The minimum absolute atomic E-state index is 0.00566. The van der Waals surface area contributed by atoms with Crippen LogP contribution >= 0.6 is 62.3 Å². The number of ether oxygens (including phenoxy) is 4. The lowest BCUT2D eigenvalue weighted by atomic mass is 9.81. The van der Waals surface area contributed by atoms with E-state index in [9.17, 15) is 9.59 Å². The van der Waals surface area contributed by atoms with Gasteiger partial charge in [-0.1, -0.05) is 92.7 Å². The molecule has 312 valence electrons. The van der Waals surface area contributed by atoms with E-state index in [1.165, 1.54) is 18.7 Å². The van der Waals surface area contributed by atoms with Crippen LogP contribution in [-0.4, -0.2) is 98.8 Å². The highest BCUT2D eigenvalue weighted by Gasteiger charge is 2.52. The van der Waals surface area contributed by atoms with Gasteiger partial charge in [0.15, 0.2) is 5.60 Å². The Labute approximate surface area is 368 Å². The number of halogens is 5. The third-order valence-electron chi connectivity index (χ3n) is 10.2. The average Bonchev–Trinajstić information content (AvgIpc) is 3.99. The first kappa shape index (κ1) is 44.2. The second kappa shape index (κ2) is 18.1. The van der Waals surface area contributed by atoms with E-state index >= 15 is 4.79 Å². The SMILES string of the molecule is CC(C)(C)OC(=O)N1CC2CC(c3ccc(OCCOc4ccc(Br)cc4)cc3)=C(C(=O)N(CCc3ccccc3Cl)C3CC3)C(C1)N2C(=O)OC(C)(C)C(Cl)(Cl)Cl. The number of carbonyl (C=O) groups is 3. The molecule has 58 heavy (non-hydrogen) atoms. The van der Waals surface area contributed by atoms with E-state index in [0.29, 0.717) is 42.5 Å². The molecule has 3 aromatic carbocycles. The molecule has 2 atom stereocenters. The molecule has 2 bridgehead atoms. The van der Waals surface area contributed by atoms with Gasteiger partial charge in [0.2, 0.25) is 3.79 Å². The number of hydrogen-bond acceptors (Lipinski definition) is 7. The Hall–Kier alpha value is -3.35. The van der Waals surface area contributed by atoms with Crippen molar-refractivity contribution in [3.8, 4) is 11.5 Å². The molecule has 2 fully saturated rings. The van der Waals surface area contributed by atoms with Gasteiger partial charge in [0, 0.05) is 40.7 Å². The molecule has 1 saturated carbocycles. The van der Waals surface area contributed by atoms with Crippen molar-refractivity contribution in [3.05, 3.63) is 99.0 Å². The lowest BCUT2D eigenvalue weighted by Crippen LogP contribution is -2.66. The number of benzene rings is 3. The van der Waals surface area contributed by atoms with Gasteiger partial charge in [-0.3, -0.25) is 9.69 Å². The molecule has 3 aliphatic rings. The third kappa shape index (κ3) is 10.9. The van der Waals surface area contributed by atoms with Crippen LogP contribution in [0, 0.1) is 0 Å². The summed E-state index contributed by atoms with van der Waals surface area (Å²) in [4.78, 5) is 48.3. The molecule has 1 aliphatic carbocycles. The van der Waals surface area contributed by atoms with Crippen molar-refractivity contribution in [2.75, 3.05) is 32.8 Å². The second-order valence-electron chi connectivity index (χ2n) is 16.2. The Bertz CT molecular complexity index is 2000. The van der Waals surface area contributed by atoms with Crippen LogP contribution in [0.2, 0.25) is 5.02 Å². The van der Waals surface area contributed by atoms with Gasteiger partial charge in [-0.15, -0.1) is 0 Å². The Morgan fingerprint density at radius 3 is 1.98 bits per heavy atom. The summed E-state index contributed by atoms with van der Waals surface area (Å²) in [7, 11) is 0. The first-order valence-corrected chi connectivity index (χ1v) is 21.6. The first-order valence-electron chi connectivity index (χ1n) is 19.3. The first-order chi connectivity index (χ1) is 27.3. The zero-order valence-corrected chi connectivity index (χ0v) is 37.7. The number of amides is 3.